The molecule has 0 aliphatic heterocycles. The van der Waals surface area contributed by atoms with Crippen LogP contribution in [0.25, 0.3) is 0 Å². The number of hydrogen-bond acceptors (Lipinski definition) is 3. The molecule has 0 unspecified atom stereocenters. The lowest BCUT2D eigenvalue weighted by Crippen LogP contribution is -2.14. The van der Waals surface area contributed by atoms with Crippen molar-refractivity contribution in [1.82, 2.24) is 10.3 Å². The molecule has 112 valence electrons. The van der Waals surface area contributed by atoms with Crippen molar-refractivity contribution in [2.75, 3.05) is 6.61 Å². The fourth-order valence-electron chi connectivity index (χ4n) is 1.90. The SMILES string of the molecule is CCOc1c(Br)cc(Br)cc1CNCc1ccc(Cl)nc1. The Hall–Kier alpha value is -0.620. The fraction of sp³-hybridized carbons (Fsp3) is 0.267. The average molecular weight is 435 g/mol. The van der Waals surface area contributed by atoms with Gasteiger partial charge in [0.25, 0.3) is 0 Å². The number of halogens is 3. The van der Waals surface area contributed by atoms with Crippen molar-refractivity contribution in [2.24, 2.45) is 0 Å². The van der Waals surface area contributed by atoms with Crippen molar-refractivity contribution in [3.8, 4) is 5.75 Å². The Morgan fingerprint density at radius 3 is 2.71 bits per heavy atom. The topological polar surface area (TPSA) is 34.1 Å². The first-order valence-electron chi connectivity index (χ1n) is 6.52. The van der Waals surface area contributed by atoms with E-state index >= 15 is 0 Å². The molecule has 3 nitrogen and oxygen atoms in total. The van der Waals surface area contributed by atoms with E-state index in [1.54, 1.807) is 12.3 Å². The predicted molar refractivity (Wildman–Crippen MR) is 92.8 cm³/mol. The Kier molecular flexibility index (Phi) is 6.48. The van der Waals surface area contributed by atoms with Crippen LogP contribution in [0.2, 0.25) is 5.15 Å². The molecule has 0 saturated carbocycles. The number of nitrogens with one attached hydrogen (secondary N) is 1. The van der Waals surface area contributed by atoms with Crippen LogP contribution in [0.3, 0.4) is 0 Å². The summed E-state index contributed by atoms with van der Waals surface area (Å²) in [5.41, 5.74) is 2.19. The smallest absolute Gasteiger partial charge is 0.138 e. The van der Waals surface area contributed by atoms with Crippen molar-refractivity contribution < 1.29 is 4.74 Å². The second kappa shape index (κ2) is 8.13. The quantitative estimate of drug-likeness (QED) is 0.654. The van der Waals surface area contributed by atoms with Gasteiger partial charge in [-0.05, 0) is 46.6 Å². The van der Waals surface area contributed by atoms with Crippen LogP contribution in [0.5, 0.6) is 5.75 Å². The Balaban J connectivity index is 2.03. The van der Waals surface area contributed by atoms with Crippen LogP contribution in [-0.2, 0) is 13.1 Å². The fourth-order valence-corrected chi connectivity index (χ4v) is 3.44. The molecule has 0 spiro atoms. The van der Waals surface area contributed by atoms with Gasteiger partial charge in [-0.25, -0.2) is 4.98 Å². The van der Waals surface area contributed by atoms with Gasteiger partial charge in [0.05, 0.1) is 11.1 Å². The van der Waals surface area contributed by atoms with Crippen LogP contribution in [-0.4, -0.2) is 11.6 Å². The average Bonchev–Trinajstić information content (AvgIpc) is 2.44. The Morgan fingerprint density at radius 1 is 1.24 bits per heavy atom. The number of rotatable bonds is 6. The molecule has 2 rings (SSSR count). The van der Waals surface area contributed by atoms with Gasteiger partial charge in [-0.1, -0.05) is 33.6 Å². The summed E-state index contributed by atoms with van der Waals surface area (Å²) in [5.74, 6) is 0.877. The zero-order valence-corrected chi connectivity index (χ0v) is 15.4. The molecule has 0 amide bonds. The standard InChI is InChI=1S/C15H15Br2ClN2O/c1-2-21-15-11(5-12(16)6-13(15)17)9-19-7-10-3-4-14(18)20-8-10/h3-6,8,19H,2,7,9H2,1H3. The lowest BCUT2D eigenvalue weighted by molar-refractivity contribution is 0.333. The minimum absolute atomic E-state index is 0.508. The van der Waals surface area contributed by atoms with Crippen LogP contribution < -0.4 is 10.1 Å². The molecule has 0 aliphatic rings. The van der Waals surface area contributed by atoms with Crippen LogP contribution in [0, 0.1) is 0 Å². The van der Waals surface area contributed by atoms with Gasteiger partial charge >= 0.3 is 0 Å². The molecule has 0 atom stereocenters. The molecular weight excluding hydrogens is 419 g/mol. The van der Waals surface area contributed by atoms with E-state index in [9.17, 15) is 0 Å². The third kappa shape index (κ3) is 4.95. The van der Waals surface area contributed by atoms with Crippen molar-refractivity contribution in [3.05, 3.63) is 55.7 Å². The number of ether oxygens (including phenoxy) is 1. The van der Waals surface area contributed by atoms with Gasteiger partial charge in [0.2, 0.25) is 0 Å². The Labute approximate surface area is 146 Å². The summed E-state index contributed by atoms with van der Waals surface area (Å²) in [7, 11) is 0. The first-order chi connectivity index (χ1) is 10.1. The summed E-state index contributed by atoms with van der Waals surface area (Å²) in [5, 5.41) is 3.89. The van der Waals surface area contributed by atoms with E-state index in [2.05, 4.69) is 48.2 Å². The van der Waals surface area contributed by atoms with E-state index in [0.717, 1.165) is 32.4 Å². The first-order valence-corrected chi connectivity index (χ1v) is 8.48. The number of aromatic nitrogens is 1. The molecule has 0 fully saturated rings. The Morgan fingerprint density at radius 2 is 2.05 bits per heavy atom. The number of benzene rings is 1. The van der Waals surface area contributed by atoms with Gasteiger partial charge in [0.1, 0.15) is 10.9 Å². The minimum Gasteiger partial charge on any atom is -0.492 e. The third-order valence-corrected chi connectivity index (χ3v) is 4.08. The van der Waals surface area contributed by atoms with Crippen LogP contribution in [0.4, 0.5) is 0 Å². The molecule has 0 saturated heterocycles. The summed E-state index contributed by atoms with van der Waals surface area (Å²) in [6, 6.07) is 7.79. The molecule has 2 aromatic rings. The molecule has 21 heavy (non-hydrogen) atoms. The van der Waals surface area contributed by atoms with Gasteiger partial charge in [0, 0.05) is 29.3 Å². The maximum atomic E-state index is 5.77. The summed E-state index contributed by atoms with van der Waals surface area (Å²) in [6.45, 7) is 4.04. The molecule has 6 heteroatoms. The van der Waals surface area contributed by atoms with E-state index in [-0.39, 0.29) is 0 Å². The normalized spacial score (nSPS) is 10.7. The highest BCUT2D eigenvalue weighted by atomic mass is 79.9. The highest BCUT2D eigenvalue weighted by Crippen LogP contribution is 2.33. The van der Waals surface area contributed by atoms with Crippen LogP contribution in [0.15, 0.2) is 39.4 Å². The molecule has 0 aliphatic carbocycles. The van der Waals surface area contributed by atoms with Gasteiger partial charge in [0.15, 0.2) is 0 Å². The summed E-state index contributed by atoms with van der Waals surface area (Å²) < 4.78 is 7.67. The van der Waals surface area contributed by atoms with E-state index in [1.165, 1.54) is 0 Å². The largest absolute Gasteiger partial charge is 0.492 e. The zero-order valence-electron chi connectivity index (χ0n) is 11.5. The van der Waals surface area contributed by atoms with Crippen molar-refractivity contribution >= 4 is 43.5 Å². The maximum absolute atomic E-state index is 5.77. The van der Waals surface area contributed by atoms with Crippen LogP contribution in [0.1, 0.15) is 18.1 Å². The second-order valence-corrected chi connectivity index (χ2v) is 6.56. The monoisotopic (exact) mass is 432 g/mol. The maximum Gasteiger partial charge on any atom is 0.138 e. The molecule has 1 N–H and O–H groups in total. The minimum atomic E-state index is 0.508. The van der Waals surface area contributed by atoms with Crippen molar-refractivity contribution in [1.29, 1.82) is 0 Å². The van der Waals surface area contributed by atoms with E-state index in [4.69, 9.17) is 16.3 Å². The Bertz CT molecular complexity index is 605. The summed E-state index contributed by atoms with van der Waals surface area (Å²) in [6.07, 6.45) is 1.77. The van der Waals surface area contributed by atoms with Crippen LogP contribution >= 0.6 is 43.5 Å². The molecule has 0 bridgehead atoms. The lowest BCUT2D eigenvalue weighted by Gasteiger charge is -2.13. The van der Waals surface area contributed by atoms with Gasteiger partial charge < -0.3 is 10.1 Å². The zero-order chi connectivity index (χ0) is 15.2. The van der Waals surface area contributed by atoms with Gasteiger partial charge in [-0.2, -0.15) is 0 Å². The number of nitrogens with zero attached hydrogens (tertiary/aromatic N) is 1. The van der Waals surface area contributed by atoms with E-state index < -0.39 is 0 Å². The molecular formula is C15H15Br2ClN2O. The second-order valence-electron chi connectivity index (χ2n) is 4.40. The number of hydrogen-bond donors (Lipinski definition) is 1. The van der Waals surface area contributed by atoms with Gasteiger partial charge in [-0.15, -0.1) is 0 Å². The van der Waals surface area contributed by atoms with E-state index in [0.29, 0.717) is 18.3 Å². The molecule has 1 heterocycles. The number of pyridine rings is 1. The van der Waals surface area contributed by atoms with E-state index in [1.807, 2.05) is 19.1 Å². The summed E-state index contributed by atoms with van der Waals surface area (Å²) >= 11 is 12.8. The first kappa shape index (κ1) is 16.7. The molecule has 1 aromatic carbocycles. The van der Waals surface area contributed by atoms with Crippen molar-refractivity contribution in [3.63, 3.8) is 0 Å². The highest BCUT2D eigenvalue weighted by Gasteiger charge is 2.09. The predicted octanol–water partition coefficient (Wildman–Crippen LogP) is 4.95. The lowest BCUT2D eigenvalue weighted by atomic mass is 10.2. The summed E-state index contributed by atoms with van der Waals surface area (Å²) in [4.78, 5) is 4.07. The van der Waals surface area contributed by atoms with Crippen molar-refractivity contribution in [2.45, 2.75) is 20.0 Å². The molecule has 1 aromatic heterocycles. The molecule has 0 radical (unpaired) electrons. The van der Waals surface area contributed by atoms with Gasteiger partial charge in [-0.3, -0.25) is 0 Å². The highest BCUT2D eigenvalue weighted by molar-refractivity contribution is 9.11. The third-order valence-electron chi connectivity index (χ3n) is 2.81.